The number of benzene rings is 2. The molecule has 0 bridgehead atoms. The SMILES string of the molecule is COc1cc2c(cc1OC)CC[N+](Cc1ccccc1C)=C2. The third kappa shape index (κ3) is 2.84. The predicted octanol–water partition coefficient (Wildman–Crippen LogP) is 3.20. The highest BCUT2D eigenvalue weighted by Crippen LogP contribution is 2.31. The van der Waals surface area contributed by atoms with E-state index in [2.05, 4.69) is 54.1 Å². The van der Waals surface area contributed by atoms with Crippen LogP contribution in [0.4, 0.5) is 0 Å². The van der Waals surface area contributed by atoms with Crippen LogP contribution in [0.3, 0.4) is 0 Å². The van der Waals surface area contributed by atoms with Crippen molar-refractivity contribution in [3.8, 4) is 11.5 Å². The normalized spacial score (nSPS) is 13.3. The summed E-state index contributed by atoms with van der Waals surface area (Å²) in [7, 11) is 3.36. The number of fused-ring (bicyclic) bond motifs is 1. The summed E-state index contributed by atoms with van der Waals surface area (Å²) in [5, 5.41) is 0. The van der Waals surface area contributed by atoms with Gasteiger partial charge in [-0.05, 0) is 30.2 Å². The summed E-state index contributed by atoms with van der Waals surface area (Å²) in [6.45, 7) is 4.14. The molecule has 0 radical (unpaired) electrons. The molecule has 0 atom stereocenters. The number of nitrogens with zero attached hydrogens (tertiary/aromatic N) is 1. The molecular weight excluding hydrogens is 274 g/mol. The lowest BCUT2D eigenvalue weighted by atomic mass is 10.0. The molecule has 22 heavy (non-hydrogen) atoms. The maximum absolute atomic E-state index is 5.41. The van der Waals surface area contributed by atoms with Crippen molar-refractivity contribution < 1.29 is 14.0 Å². The van der Waals surface area contributed by atoms with Crippen LogP contribution in [0.5, 0.6) is 11.5 Å². The lowest BCUT2D eigenvalue weighted by Crippen LogP contribution is -2.22. The molecule has 0 aliphatic carbocycles. The Balaban J connectivity index is 1.91. The maximum atomic E-state index is 5.41. The van der Waals surface area contributed by atoms with Crippen LogP contribution in [-0.4, -0.2) is 31.6 Å². The zero-order chi connectivity index (χ0) is 15.5. The van der Waals surface area contributed by atoms with Crippen molar-refractivity contribution in [3.63, 3.8) is 0 Å². The van der Waals surface area contributed by atoms with Gasteiger partial charge in [0, 0.05) is 17.5 Å². The van der Waals surface area contributed by atoms with Crippen LogP contribution >= 0.6 is 0 Å². The van der Waals surface area contributed by atoms with Gasteiger partial charge in [0.2, 0.25) is 0 Å². The van der Waals surface area contributed by atoms with Crippen LogP contribution in [0.15, 0.2) is 36.4 Å². The number of methoxy groups -OCH3 is 2. The monoisotopic (exact) mass is 296 g/mol. The van der Waals surface area contributed by atoms with Crippen molar-refractivity contribution >= 4 is 6.21 Å². The van der Waals surface area contributed by atoms with Gasteiger partial charge in [0.15, 0.2) is 24.3 Å². The van der Waals surface area contributed by atoms with E-state index in [9.17, 15) is 0 Å². The largest absolute Gasteiger partial charge is 0.493 e. The quantitative estimate of drug-likeness (QED) is 0.808. The third-order valence-electron chi connectivity index (χ3n) is 4.27. The molecule has 0 saturated heterocycles. The van der Waals surface area contributed by atoms with Crippen molar-refractivity contribution in [3.05, 3.63) is 58.7 Å². The summed E-state index contributed by atoms with van der Waals surface area (Å²) in [4.78, 5) is 0. The van der Waals surface area contributed by atoms with Crippen molar-refractivity contribution in [2.45, 2.75) is 19.9 Å². The van der Waals surface area contributed by atoms with Crippen molar-refractivity contribution in [2.24, 2.45) is 0 Å². The highest BCUT2D eigenvalue weighted by atomic mass is 16.5. The van der Waals surface area contributed by atoms with E-state index in [1.165, 1.54) is 22.3 Å². The molecule has 0 aromatic heterocycles. The summed E-state index contributed by atoms with van der Waals surface area (Å²) in [5.74, 6) is 1.59. The number of ether oxygens (including phenoxy) is 2. The molecule has 0 fully saturated rings. The van der Waals surface area contributed by atoms with Gasteiger partial charge in [-0.1, -0.05) is 24.3 Å². The first-order chi connectivity index (χ1) is 10.7. The molecule has 3 nitrogen and oxygen atoms in total. The van der Waals surface area contributed by atoms with Gasteiger partial charge < -0.3 is 9.47 Å². The molecule has 1 heterocycles. The van der Waals surface area contributed by atoms with Crippen LogP contribution in [-0.2, 0) is 13.0 Å². The van der Waals surface area contributed by atoms with Crippen LogP contribution in [0.1, 0.15) is 22.3 Å². The van der Waals surface area contributed by atoms with Gasteiger partial charge >= 0.3 is 0 Å². The first kappa shape index (κ1) is 14.6. The third-order valence-corrected chi connectivity index (χ3v) is 4.27. The number of aryl methyl sites for hydroxylation is 1. The van der Waals surface area contributed by atoms with Gasteiger partial charge in [-0.15, -0.1) is 0 Å². The Bertz CT molecular complexity index is 719. The second-order valence-corrected chi connectivity index (χ2v) is 5.68. The minimum absolute atomic E-state index is 0.787. The second kappa shape index (κ2) is 6.22. The minimum Gasteiger partial charge on any atom is -0.493 e. The van der Waals surface area contributed by atoms with Gasteiger partial charge in [0.25, 0.3) is 0 Å². The zero-order valence-electron chi connectivity index (χ0n) is 13.4. The molecule has 0 saturated carbocycles. The summed E-state index contributed by atoms with van der Waals surface area (Å²) >= 11 is 0. The summed E-state index contributed by atoms with van der Waals surface area (Å²) < 4.78 is 13.2. The Kier molecular flexibility index (Phi) is 4.14. The fraction of sp³-hybridized carbons (Fsp3) is 0.316. The number of hydrogen-bond donors (Lipinski definition) is 0. The smallest absolute Gasteiger partial charge is 0.171 e. The molecule has 3 heteroatoms. The molecule has 3 rings (SSSR count). The van der Waals surface area contributed by atoms with E-state index in [-0.39, 0.29) is 0 Å². The molecule has 0 amide bonds. The van der Waals surface area contributed by atoms with Gasteiger partial charge in [-0.3, -0.25) is 0 Å². The molecule has 2 aromatic carbocycles. The highest BCUT2D eigenvalue weighted by molar-refractivity contribution is 5.80. The zero-order valence-corrected chi connectivity index (χ0v) is 13.4. The van der Waals surface area contributed by atoms with E-state index < -0.39 is 0 Å². The van der Waals surface area contributed by atoms with E-state index in [0.29, 0.717) is 0 Å². The van der Waals surface area contributed by atoms with E-state index in [0.717, 1.165) is 31.0 Å². The molecule has 1 aliphatic heterocycles. The molecular formula is C19H22NO2+. The second-order valence-electron chi connectivity index (χ2n) is 5.68. The predicted molar refractivity (Wildman–Crippen MR) is 88.4 cm³/mol. The van der Waals surface area contributed by atoms with Crippen LogP contribution in [0.25, 0.3) is 0 Å². The molecule has 1 aliphatic rings. The van der Waals surface area contributed by atoms with Gasteiger partial charge in [-0.25, -0.2) is 4.58 Å². The summed E-state index contributed by atoms with van der Waals surface area (Å²) in [6, 6.07) is 12.7. The van der Waals surface area contributed by atoms with E-state index in [1.54, 1.807) is 14.2 Å². The Morgan fingerprint density at radius 3 is 2.50 bits per heavy atom. The van der Waals surface area contributed by atoms with E-state index in [1.807, 2.05) is 0 Å². The highest BCUT2D eigenvalue weighted by Gasteiger charge is 2.19. The van der Waals surface area contributed by atoms with Crippen molar-refractivity contribution in [1.29, 1.82) is 0 Å². The fourth-order valence-corrected chi connectivity index (χ4v) is 2.93. The molecule has 0 spiro atoms. The lowest BCUT2D eigenvalue weighted by Gasteiger charge is -2.16. The Hall–Kier alpha value is -2.29. The number of rotatable bonds is 4. The Morgan fingerprint density at radius 2 is 1.77 bits per heavy atom. The van der Waals surface area contributed by atoms with Crippen LogP contribution in [0.2, 0.25) is 0 Å². The topological polar surface area (TPSA) is 21.5 Å². The summed E-state index contributed by atoms with van der Waals surface area (Å²) in [6.07, 6.45) is 3.26. The molecule has 114 valence electrons. The standard InChI is InChI=1S/C19H22NO2/c1-14-6-4-5-7-16(14)12-20-9-8-15-10-18(21-2)19(22-3)11-17(15)13-20/h4-7,10-11,13H,8-9,12H2,1-3H3/q+1. The van der Waals surface area contributed by atoms with Crippen LogP contribution < -0.4 is 9.47 Å². The van der Waals surface area contributed by atoms with Gasteiger partial charge in [-0.2, -0.15) is 0 Å². The molecule has 2 aromatic rings. The van der Waals surface area contributed by atoms with Crippen LogP contribution in [0, 0.1) is 6.92 Å². The number of hydrogen-bond acceptors (Lipinski definition) is 2. The van der Waals surface area contributed by atoms with Crippen molar-refractivity contribution in [1.82, 2.24) is 0 Å². The minimum atomic E-state index is 0.787. The fourth-order valence-electron chi connectivity index (χ4n) is 2.93. The lowest BCUT2D eigenvalue weighted by molar-refractivity contribution is -0.540. The first-order valence-corrected chi connectivity index (χ1v) is 7.59. The molecule has 0 N–H and O–H groups in total. The first-order valence-electron chi connectivity index (χ1n) is 7.59. The average Bonchev–Trinajstić information content (AvgIpc) is 2.55. The van der Waals surface area contributed by atoms with E-state index >= 15 is 0 Å². The van der Waals surface area contributed by atoms with Crippen molar-refractivity contribution in [2.75, 3.05) is 20.8 Å². The molecule has 0 unspecified atom stereocenters. The average molecular weight is 296 g/mol. The van der Waals surface area contributed by atoms with Gasteiger partial charge in [0.1, 0.15) is 6.54 Å². The Labute approximate surface area is 131 Å². The Morgan fingerprint density at radius 1 is 1.05 bits per heavy atom. The summed E-state index contributed by atoms with van der Waals surface area (Å²) in [5.41, 5.74) is 5.26. The van der Waals surface area contributed by atoms with E-state index in [4.69, 9.17) is 9.47 Å². The maximum Gasteiger partial charge on any atom is 0.171 e. The van der Waals surface area contributed by atoms with Gasteiger partial charge in [0.05, 0.1) is 14.2 Å².